The van der Waals surface area contributed by atoms with Gasteiger partial charge in [0.05, 0.1) is 17.7 Å². The molecule has 6 rings (SSSR count). The highest BCUT2D eigenvalue weighted by molar-refractivity contribution is 6.16. The van der Waals surface area contributed by atoms with Gasteiger partial charge in [0.2, 0.25) is 5.88 Å². The van der Waals surface area contributed by atoms with Crippen molar-refractivity contribution < 1.29 is 9.53 Å². The molecule has 162 valence electrons. The molecule has 1 aliphatic rings. The number of ether oxygens (including phenoxy) is 1. The molecule has 0 radical (unpaired) electrons. The lowest BCUT2D eigenvalue weighted by molar-refractivity contribution is 0.103. The molecule has 0 N–H and O–H groups in total. The van der Waals surface area contributed by atoms with E-state index in [-0.39, 0.29) is 5.78 Å². The minimum Gasteiger partial charge on any atom is -0.477 e. The van der Waals surface area contributed by atoms with Gasteiger partial charge in [0.15, 0.2) is 5.78 Å². The van der Waals surface area contributed by atoms with E-state index in [4.69, 9.17) is 4.74 Å². The van der Waals surface area contributed by atoms with Gasteiger partial charge in [0.1, 0.15) is 0 Å². The van der Waals surface area contributed by atoms with Crippen LogP contribution in [0.25, 0.3) is 32.4 Å². The molecular weight excluding hydrogens is 406 g/mol. The lowest BCUT2D eigenvalue weighted by Gasteiger charge is -2.19. The molecule has 5 aromatic rings. The number of pyridine rings is 1. The van der Waals surface area contributed by atoms with Crippen LogP contribution in [0.2, 0.25) is 0 Å². The van der Waals surface area contributed by atoms with Gasteiger partial charge in [-0.1, -0.05) is 54.6 Å². The standard InChI is InChI=1S/C30H25NO2/c1-2-33-30-27(17-21-8-4-6-10-28(21)31-30)29(32)22-12-11-20-14-15-24-23-9-5-3-7-19(23)13-16-25(24)26(20)18-22/h4,6,8,10-18H,2-3,5,7,9H2,1H3. The van der Waals surface area contributed by atoms with Gasteiger partial charge in [-0.25, -0.2) is 4.98 Å². The van der Waals surface area contributed by atoms with E-state index in [1.807, 2.05) is 49.4 Å². The zero-order chi connectivity index (χ0) is 22.4. The number of fused-ring (bicyclic) bond motifs is 6. The first-order valence-corrected chi connectivity index (χ1v) is 11.8. The summed E-state index contributed by atoms with van der Waals surface area (Å²) in [6, 6.07) is 24.7. The molecule has 0 unspecified atom stereocenters. The van der Waals surface area contributed by atoms with Crippen molar-refractivity contribution in [1.82, 2.24) is 4.98 Å². The molecular formula is C30H25NO2. The quantitative estimate of drug-likeness (QED) is 0.226. The summed E-state index contributed by atoms with van der Waals surface area (Å²) >= 11 is 0. The van der Waals surface area contributed by atoms with Crippen LogP contribution in [0.4, 0.5) is 0 Å². The summed E-state index contributed by atoms with van der Waals surface area (Å²) in [4.78, 5) is 18.3. The van der Waals surface area contributed by atoms with Crippen molar-refractivity contribution in [3.8, 4) is 5.88 Å². The number of ketones is 1. The van der Waals surface area contributed by atoms with Gasteiger partial charge >= 0.3 is 0 Å². The van der Waals surface area contributed by atoms with Gasteiger partial charge in [-0.05, 0) is 83.5 Å². The number of rotatable bonds is 4. The van der Waals surface area contributed by atoms with Crippen LogP contribution < -0.4 is 4.74 Å². The fourth-order valence-corrected chi connectivity index (χ4v) is 5.19. The van der Waals surface area contributed by atoms with E-state index >= 15 is 0 Å². The molecule has 0 spiro atoms. The molecule has 0 aliphatic heterocycles. The fraction of sp³-hybridized carbons (Fsp3) is 0.200. The van der Waals surface area contributed by atoms with Gasteiger partial charge in [-0.3, -0.25) is 4.79 Å². The van der Waals surface area contributed by atoms with Gasteiger partial charge < -0.3 is 4.74 Å². The minimum absolute atomic E-state index is 0.0615. The lowest BCUT2D eigenvalue weighted by atomic mass is 9.86. The number of aryl methyl sites for hydroxylation is 2. The third kappa shape index (κ3) is 3.36. The predicted molar refractivity (Wildman–Crippen MR) is 134 cm³/mol. The summed E-state index contributed by atoms with van der Waals surface area (Å²) < 4.78 is 5.78. The summed E-state index contributed by atoms with van der Waals surface area (Å²) in [5, 5.41) is 5.76. The number of hydrogen-bond acceptors (Lipinski definition) is 3. The smallest absolute Gasteiger partial charge is 0.225 e. The fourth-order valence-electron chi connectivity index (χ4n) is 5.19. The second-order valence-electron chi connectivity index (χ2n) is 8.80. The van der Waals surface area contributed by atoms with Crippen molar-refractivity contribution in [2.45, 2.75) is 32.6 Å². The van der Waals surface area contributed by atoms with Crippen molar-refractivity contribution in [2.24, 2.45) is 0 Å². The molecule has 3 heteroatoms. The molecule has 0 amide bonds. The largest absolute Gasteiger partial charge is 0.477 e. The maximum Gasteiger partial charge on any atom is 0.225 e. The summed E-state index contributed by atoms with van der Waals surface area (Å²) in [5.41, 5.74) is 4.95. The van der Waals surface area contributed by atoms with Gasteiger partial charge in [0.25, 0.3) is 0 Å². The maximum atomic E-state index is 13.7. The first-order chi connectivity index (χ1) is 16.2. The Hall–Kier alpha value is -3.72. The SMILES string of the molecule is CCOc1nc2ccccc2cc1C(=O)c1ccc2ccc3c4c(ccc3c2c1)CCCC4. The normalized spacial score (nSPS) is 13.4. The lowest BCUT2D eigenvalue weighted by Crippen LogP contribution is -2.07. The molecule has 4 aromatic carbocycles. The predicted octanol–water partition coefficient (Wildman–Crippen LogP) is 7.05. The topological polar surface area (TPSA) is 39.2 Å². The summed E-state index contributed by atoms with van der Waals surface area (Å²) in [5.74, 6) is 0.335. The molecule has 33 heavy (non-hydrogen) atoms. The Kier molecular flexibility index (Phi) is 4.83. The third-order valence-corrected chi connectivity index (χ3v) is 6.83. The van der Waals surface area contributed by atoms with E-state index in [1.165, 1.54) is 34.7 Å². The van der Waals surface area contributed by atoms with Crippen LogP contribution in [0.15, 0.2) is 72.8 Å². The number of benzene rings is 4. The van der Waals surface area contributed by atoms with Crippen LogP contribution in [0.1, 0.15) is 46.8 Å². The molecule has 0 bridgehead atoms. The van der Waals surface area contributed by atoms with Crippen LogP contribution in [-0.2, 0) is 12.8 Å². The maximum absolute atomic E-state index is 13.7. The van der Waals surface area contributed by atoms with Crippen LogP contribution >= 0.6 is 0 Å². The highest BCUT2D eigenvalue weighted by Crippen LogP contribution is 2.34. The highest BCUT2D eigenvalue weighted by Gasteiger charge is 2.19. The molecule has 3 nitrogen and oxygen atoms in total. The van der Waals surface area contributed by atoms with Crippen molar-refractivity contribution >= 4 is 38.2 Å². The molecule has 0 fully saturated rings. The van der Waals surface area contributed by atoms with Gasteiger partial charge in [0, 0.05) is 10.9 Å². The van der Waals surface area contributed by atoms with E-state index in [0.29, 0.717) is 23.6 Å². The van der Waals surface area contributed by atoms with E-state index in [1.54, 1.807) is 0 Å². The van der Waals surface area contributed by atoms with Crippen LogP contribution in [0.3, 0.4) is 0 Å². The molecule has 1 heterocycles. The monoisotopic (exact) mass is 431 g/mol. The number of hydrogen-bond donors (Lipinski definition) is 0. The van der Waals surface area contributed by atoms with Crippen LogP contribution in [0.5, 0.6) is 5.88 Å². The van der Waals surface area contributed by atoms with E-state index < -0.39 is 0 Å². The highest BCUT2D eigenvalue weighted by atomic mass is 16.5. The average Bonchev–Trinajstić information content (AvgIpc) is 2.87. The van der Waals surface area contributed by atoms with E-state index in [9.17, 15) is 4.79 Å². The zero-order valence-corrected chi connectivity index (χ0v) is 18.7. The Labute approximate surface area is 193 Å². The van der Waals surface area contributed by atoms with Crippen LogP contribution in [0, 0.1) is 0 Å². The number of aromatic nitrogens is 1. The van der Waals surface area contributed by atoms with Gasteiger partial charge in [-0.15, -0.1) is 0 Å². The zero-order valence-electron chi connectivity index (χ0n) is 18.7. The molecule has 1 aliphatic carbocycles. The Morgan fingerprint density at radius 3 is 2.58 bits per heavy atom. The number of carbonyl (C=O) groups is 1. The Balaban J connectivity index is 1.52. The summed E-state index contributed by atoms with van der Waals surface area (Å²) in [7, 11) is 0. The van der Waals surface area contributed by atoms with Crippen LogP contribution in [-0.4, -0.2) is 17.4 Å². The molecule has 0 saturated heterocycles. The summed E-state index contributed by atoms with van der Waals surface area (Å²) in [6.07, 6.45) is 4.82. The van der Waals surface area contributed by atoms with E-state index in [0.717, 1.165) is 34.5 Å². The summed E-state index contributed by atoms with van der Waals surface area (Å²) in [6.45, 7) is 2.37. The van der Waals surface area contributed by atoms with Gasteiger partial charge in [-0.2, -0.15) is 0 Å². The van der Waals surface area contributed by atoms with Crippen molar-refractivity contribution in [3.05, 3.63) is 95.1 Å². The first-order valence-electron chi connectivity index (χ1n) is 11.8. The first kappa shape index (κ1) is 19.9. The molecule has 0 atom stereocenters. The molecule has 1 aromatic heterocycles. The third-order valence-electron chi connectivity index (χ3n) is 6.83. The van der Waals surface area contributed by atoms with Crippen molar-refractivity contribution in [2.75, 3.05) is 6.61 Å². The Morgan fingerprint density at radius 1 is 0.848 bits per heavy atom. The Bertz CT molecular complexity index is 1550. The minimum atomic E-state index is -0.0615. The van der Waals surface area contributed by atoms with Crippen molar-refractivity contribution in [1.29, 1.82) is 0 Å². The second-order valence-corrected chi connectivity index (χ2v) is 8.80. The number of carbonyl (C=O) groups excluding carboxylic acids is 1. The average molecular weight is 432 g/mol. The number of nitrogens with zero attached hydrogens (tertiary/aromatic N) is 1. The Morgan fingerprint density at radius 2 is 1.67 bits per heavy atom. The second kappa shape index (κ2) is 8.00. The van der Waals surface area contributed by atoms with E-state index in [2.05, 4.69) is 35.3 Å². The molecule has 0 saturated carbocycles. The number of para-hydroxylation sites is 1. The van der Waals surface area contributed by atoms with Crippen molar-refractivity contribution in [3.63, 3.8) is 0 Å².